The molecule has 4 nitrogen and oxygen atoms in total. The minimum absolute atomic E-state index is 0.157. The van der Waals surface area contributed by atoms with Crippen molar-refractivity contribution in [3.8, 4) is 0 Å². The number of rotatable bonds is 4. The number of aliphatic carboxylic acids is 1. The Kier molecular flexibility index (Phi) is 4.10. The fraction of sp³-hybridized carbons (Fsp3) is 0.667. The first kappa shape index (κ1) is 12.4. The van der Waals surface area contributed by atoms with Crippen LogP contribution in [0.15, 0.2) is 0 Å². The van der Waals surface area contributed by atoms with Crippen molar-refractivity contribution < 1.29 is 14.7 Å². The highest BCUT2D eigenvalue weighted by Gasteiger charge is 2.36. The highest BCUT2D eigenvalue weighted by molar-refractivity contribution is 8.23. The number of carbonyl (C=O) groups excluding carboxylic acids is 2. The minimum Gasteiger partial charge on any atom is -0.548 e. The Bertz CT molecular complexity index is 290. The lowest BCUT2D eigenvalue weighted by Gasteiger charge is -2.32. The summed E-state index contributed by atoms with van der Waals surface area (Å²) in [5, 5.41) is 11.0. The van der Waals surface area contributed by atoms with Gasteiger partial charge >= 0.3 is 0 Å². The second-order valence-electron chi connectivity index (χ2n) is 3.47. The lowest BCUT2D eigenvalue weighted by Crippen LogP contribution is -2.53. The van der Waals surface area contributed by atoms with E-state index in [1.54, 1.807) is 6.92 Å². The third-order valence-electron chi connectivity index (χ3n) is 2.49. The second kappa shape index (κ2) is 4.94. The lowest BCUT2D eigenvalue weighted by atomic mass is 9.98. The molecule has 1 amide bonds. The Hall–Kier alpha value is -0.620. The molecule has 1 heterocycles. The number of hydrogen-bond donors (Lipinski definition) is 0. The van der Waals surface area contributed by atoms with Crippen molar-refractivity contribution in [1.29, 1.82) is 0 Å². The summed E-state index contributed by atoms with van der Waals surface area (Å²) in [7, 11) is 0. The molecule has 0 N–H and O–H groups in total. The maximum absolute atomic E-state index is 11.5. The second-order valence-corrected chi connectivity index (χ2v) is 5.08. The van der Waals surface area contributed by atoms with Crippen LogP contribution in [0.5, 0.6) is 0 Å². The molecule has 0 aliphatic carbocycles. The van der Waals surface area contributed by atoms with E-state index in [1.165, 1.54) is 16.7 Å². The number of hydrogen-bond acceptors (Lipinski definition) is 5. The molecular weight excluding hydrogens is 234 g/mol. The van der Waals surface area contributed by atoms with Crippen LogP contribution in [-0.4, -0.2) is 32.9 Å². The molecule has 84 valence electrons. The van der Waals surface area contributed by atoms with E-state index in [4.69, 9.17) is 12.2 Å². The maximum Gasteiger partial charge on any atom is 0.239 e. The van der Waals surface area contributed by atoms with Crippen molar-refractivity contribution in [1.82, 2.24) is 4.90 Å². The molecule has 0 aromatic heterocycles. The molecule has 1 aliphatic heterocycles. The Balaban J connectivity index is 2.93. The first-order valence-electron chi connectivity index (χ1n) is 4.68. The maximum atomic E-state index is 11.5. The summed E-state index contributed by atoms with van der Waals surface area (Å²) < 4.78 is 0.342. The summed E-state index contributed by atoms with van der Waals surface area (Å²) in [5.74, 6) is -1.39. The van der Waals surface area contributed by atoms with Gasteiger partial charge in [-0.3, -0.25) is 9.69 Å². The van der Waals surface area contributed by atoms with Gasteiger partial charge in [0.05, 0.1) is 17.8 Å². The number of thiocarbonyl (C=S) groups is 1. The molecule has 0 spiro atoms. The third kappa shape index (κ3) is 2.49. The quantitative estimate of drug-likeness (QED) is 0.654. The predicted molar refractivity (Wildman–Crippen MR) is 60.2 cm³/mol. The van der Waals surface area contributed by atoms with Crippen molar-refractivity contribution in [2.24, 2.45) is 5.92 Å². The fourth-order valence-electron chi connectivity index (χ4n) is 1.45. The Labute approximate surface area is 98.0 Å². The number of amides is 1. The molecule has 15 heavy (non-hydrogen) atoms. The zero-order chi connectivity index (χ0) is 11.6. The summed E-state index contributed by atoms with van der Waals surface area (Å²) in [6.45, 7) is 3.65. The highest BCUT2D eigenvalue weighted by Crippen LogP contribution is 2.26. The van der Waals surface area contributed by atoms with E-state index < -0.39 is 12.0 Å². The molecule has 1 rings (SSSR count). The topological polar surface area (TPSA) is 60.4 Å². The average Bonchev–Trinajstić information content (AvgIpc) is 2.49. The standard InChI is InChI=1S/C9H13NO3S2/c1-3-5(2)7(8(12)13)10-6(11)4-15-9(10)14/h5,7H,3-4H2,1-2H3,(H,12,13)/p-1. The van der Waals surface area contributed by atoms with Crippen LogP contribution in [0.3, 0.4) is 0 Å². The van der Waals surface area contributed by atoms with E-state index >= 15 is 0 Å². The van der Waals surface area contributed by atoms with Gasteiger partial charge in [0.15, 0.2) is 0 Å². The molecule has 0 saturated carbocycles. The van der Waals surface area contributed by atoms with E-state index in [9.17, 15) is 14.7 Å². The van der Waals surface area contributed by atoms with E-state index in [0.29, 0.717) is 10.7 Å². The molecule has 0 radical (unpaired) electrons. The molecule has 2 unspecified atom stereocenters. The van der Waals surface area contributed by atoms with Crippen LogP contribution < -0.4 is 5.11 Å². The molecular formula is C9H12NO3S2-. The normalized spacial score (nSPS) is 20.5. The van der Waals surface area contributed by atoms with Crippen LogP contribution in [0.1, 0.15) is 20.3 Å². The summed E-state index contributed by atoms with van der Waals surface area (Å²) in [4.78, 5) is 23.7. The predicted octanol–water partition coefficient (Wildman–Crippen LogP) is 0.0113. The molecule has 2 atom stereocenters. The monoisotopic (exact) mass is 246 g/mol. The summed E-state index contributed by atoms with van der Waals surface area (Å²) in [5.41, 5.74) is 0. The Morgan fingerprint density at radius 2 is 2.33 bits per heavy atom. The SMILES string of the molecule is CCC(C)C(C(=O)[O-])N1C(=O)CSC1=S. The minimum atomic E-state index is -1.23. The first-order valence-corrected chi connectivity index (χ1v) is 6.08. The summed E-state index contributed by atoms with van der Waals surface area (Å²) in [6, 6.07) is -0.926. The van der Waals surface area contributed by atoms with Crippen molar-refractivity contribution >= 4 is 40.2 Å². The van der Waals surface area contributed by atoms with Crippen molar-refractivity contribution in [2.75, 3.05) is 5.75 Å². The Morgan fingerprint density at radius 3 is 2.67 bits per heavy atom. The van der Waals surface area contributed by atoms with Crippen molar-refractivity contribution in [3.05, 3.63) is 0 Å². The third-order valence-corrected chi connectivity index (χ3v) is 3.87. The first-order chi connectivity index (χ1) is 6.99. The molecule has 1 fully saturated rings. The molecule has 0 bridgehead atoms. The average molecular weight is 246 g/mol. The van der Waals surface area contributed by atoms with Crippen LogP contribution in [0.4, 0.5) is 0 Å². The van der Waals surface area contributed by atoms with Gasteiger partial charge in [-0.15, -0.1) is 0 Å². The molecule has 1 aliphatic rings. The van der Waals surface area contributed by atoms with E-state index in [-0.39, 0.29) is 17.6 Å². The molecule has 1 saturated heterocycles. The van der Waals surface area contributed by atoms with E-state index in [2.05, 4.69) is 0 Å². The van der Waals surface area contributed by atoms with Gasteiger partial charge in [0.25, 0.3) is 0 Å². The zero-order valence-corrected chi connectivity index (χ0v) is 10.2. The van der Waals surface area contributed by atoms with Crippen LogP contribution in [-0.2, 0) is 9.59 Å². The molecule has 0 aromatic rings. The number of carbonyl (C=O) groups is 2. The lowest BCUT2D eigenvalue weighted by molar-refractivity contribution is -0.311. The summed E-state index contributed by atoms with van der Waals surface area (Å²) >= 11 is 6.16. The van der Waals surface area contributed by atoms with Gasteiger partial charge in [0.1, 0.15) is 4.32 Å². The van der Waals surface area contributed by atoms with Crippen LogP contribution >= 0.6 is 24.0 Å². The number of nitrogens with zero attached hydrogens (tertiary/aromatic N) is 1. The van der Waals surface area contributed by atoms with Gasteiger partial charge in [-0.2, -0.15) is 0 Å². The Morgan fingerprint density at radius 1 is 1.73 bits per heavy atom. The zero-order valence-electron chi connectivity index (χ0n) is 8.56. The van der Waals surface area contributed by atoms with Gasteiger partial charge in [0.2, 0.25) is 5.91 Å². The summed E-state index contributed by atoms with van der Waals surface area (Å²) in [6.07, 6.45) is 0.662. The largest absolute Gasteiger partial charge is 0.548 e. The van der Waals surface area contributed by atoms with Crippen LogP contribution in [0.2, 0.25) is 0 Å². The van der Waals surface area contributed by atoms with Gasteiger partial charge < -0.3 is 9.90 Å². The van der Waals surface area contributed by atoms with E-state index in [0.717, 1.165) is 0 Å². The number of carboxylic acids is 1. The smallest absolute Gasteiger partial charge is 0.239 e. The molecule has 6 heteroatoms. The number of carboxylic acid groups (broad SMARTS) is 1. The number of thioether (sulfide) groups is 1. The van der Waals surface area contributed by atoms with Crippen molar-refractivity contribution in [2.45, 2.75) is 26.3 Å². The van der Waals surface area contributed by atoms with Gasteiger partial charge in [0, 0.05) is 0 Å². The van der Waals surface area contributed by atoms with Gasteiger partial charge in [-0.1, -0.05) is 44.2 Å². The van der Waals surface area contributed by atoms with Crippen molar-refractivity contribution in [3.63, 3.8) is 0 Å². The van der Waals surface area contributed by atoms with Crippen LogP contribution in [0, 0.1) is 5.92 Å². The molecule has 0 aromatic carbocycles. The fourth-order valence-corrected chi connectivity index (χ4v) is 2.58. The van der Waals surface area contributed by atoms with Gasteiger partial charge in [-0.25, -0.2) is 0 Å². The van der Waals surface area contributed by atoms with E-state index in [1.807, 2.05) is 6.92 Å². The highest BCUT2D eigenvalue weighted by atomic mass is 32.2. The van der Waals surface area contributed by atoms with Crippen LogP contribution in [0.25, 0.3) is 0 Å². The van der Waals surface area contributed by atoms with Gasteiger partial charge in [-0.05, 0) is 5.92 Å².